The van der Waals surface area contributed by atoms with E-state index < -0.39 is 0 Å². The Morgan fingerprint density at radius 1 is 0.296 bits per heavy atom. The maximum Gasteiger partial charge on any atom is 0.252 e. The summed E-state index contributed by atoms with van der Waals surface area (Å²) < 4.78 is 0. The lowest BCUT2D eigenvalue weighted by atomic mass is 9.33. The Bertz CT molecular complexity index is 3460. The van der Waals surface area contributed by atoms with Gasteiger partial charge in [-0.05, 0) is 201 Å². The fraction of sp³-hybridized carbons (Fsp3) is 0.462. The van der Waals surface area contributed by atoms with Crippen LogP contribution in [0.4, 0.5) is 34.1 Å². The zero-order chi connectivity index (χ0) is 58.9. The van der Waals surface area contributed by atoms with E-state index in [1.165, 1.54) is 149 Å². The number of benzene rings is 7. The smallest absolute Gasteiger partial charge is 0.252 e. The van der Waals surface area contributed by atoms with Gasteiger partial charge in [-0.15, -0.1) is 0 Å². The standard InChI is InChI=1S/C78H97BN2/c1-70(2,3)50-26-32-63(55(42-50)48-24-30-57-59(40-48)77(20,21)38-36-75(57,16)17)80-65-34-28-52(72(7,8)9)44-61(65)79-62-45-53(73(10,11)12)29-35-66(62)81(68-47-54(74(13,14)15)46-67(80)69(68)79)64-33-27-51(71(4,5)6)43-56(64)49-25-31-58-60(41-49)78(22,23)39-37-76(58,18)19/h24-35,40-47H,36-39H2,1-23H3. The maximum absolute atomic E-state index is 2.72. The van der Waals surface area contributed by atoms with Crippen molar-refractivity contribution in [3.8, 4) is 22.3 Å². The lowest BCUT2D eigenvalue weighted by Crippen LogP contribution is -2.62. The molecule has 0 aromatic heterocycles. The third-order valence-corrected chi connectivity index (χ3v) is 20.2. The predicted molar refractivity (Wildman–Crippen MR) is 355 cm³/mol. The van der Waals surface area contributed by atoms with Crippen LogP contribution < -0.4 is 26.2 Å². The largest absolute Gasteiger partial charge is 0.311 e. The van der Waals surface area contributed by atoms with E-state index in [4.69, 9.17) is 0 Å². The van der Waals surface area contributed by atoms with E-state index in [1.54, 1.807) is 0 Å². The quantitative estimate of drug-likeness (QED) is 0.162. The first-order valence-electron chi connectivity index (χ1n) is 31.0. The van der Waals surface area contributed by atoms with Crippen molar-refractivity contribution in [3.05, 3.63) is 171 Å². The molecular weight excluding hydrogens is 976 g/mol. The molecule has 0 unspecified atom stereocenters. The van der Waals surface area contributed by atoms with Crippen LogP contribution in [0.15, 0.2) is 121 Å². The van der Waals surface area contributed by atoms with Gasteiger partial charge >= 0.3 is 0 Å². The number of nitrogens with zero attached hydrogens (tertiary/aromatic N) is 2. The number of hydrogen-bond donors (Lipinski definition) is 0. The summed E-state index contributed by atoms with van der Waals surface area (Å²) in [6.07, 6.45) is 4.73. The minimum absolute atomic E-state index is 0.0285. The Labute approximate surface area is 491 Å². The summed E-state index contributed by atoms with van der Waals surface area (Å²) in [5, 5.41) is 0. The van der Waals surface area contributed by atoms with Gasteiger partial charge in [0.25, 0.3) is 6.71 Å². The van der Waals surface area contributed by atoms with Crippen molar-refractivity contribution >= 4 is 57.2 Å². The molecule has 2 aliphatic carbocycles. The second kappa shape index (κ2) is 18.4. The molecule has 0 fully saturated rings. The summed E-state index contributed by atoms with van der Waals surface area (Å²) >= 11 is 0. The lowest BCUT2D eigenvalue weighted by Gasteiger charge is -2.46. The Kier molecular flexibility index (Phi) is 12.9. The molecule has 11 rings (SSSR count). The van der Waals surface area contributed by atoms with Crippen LogP contribution in [0.2, 0.25) is 0 Å². The molecule has 81 heavy (non-hydrogen) atoms. The van der Waals surface area contributed by atoms with Crippen LogP contribution in [0.1, 0.15) is 235 Å². The minimum Gasteiger partial charge on any atom is -0.311 e. The molecular formula is C78H97BN2. The van der Waals surface area contributed by atoms with Gasteiger partial charge in [-0.25, -0.2) is 0 Å². The van der Waals surface area contributed by atoms with Crippen molar-refractivity contribution in [2.45, 2.75) is 234 Å². The fourth-order valence-electron chi connectivity index (χ4n) is 14.3. The zero-order valence-electron chi connectivity index (χ0n) is 54.3. The molecule has 0 saturated carbocycles. The predicted octanol–water partition coefficient (Wildman–Crippen LogP) is 20.3. The van der Waals surface area contributed by atoms with Crippen LogP contribution in [-0.4, -0.2) is 6.71 Å². The Morgan fingerprint density at radius 3 is 0.914 bits per heavy atom. The van der Waals surface area contributed by atoms with Crippen molar-refractivity contribution in [2.24, 2.45) is 0 Å². The summed E-state index contributed by atoms with van der Waals surface area (Å²) in [6, 6.07) is 50.3. The van der Waals surface area contributed by atoms with Crippen molar-refractivity contribution < 1.29 is 0 Å². The Hall–Kier alpha value is -5.80. The first-order chi connectivity index (χ1) is 37.3. The SMILES string of the molecule is CC(C)(C)c1ccc2c(c1)B1c3cc(C(C)(C)C)ccc3N(c3ccc(C(C)(C)C)cc3-c3ccc4c(c3)C(C)(C)CCC4(C)C)c3cc(C(C)(C)C)cc(c31)N2c1ccc(C(C)(C)C)cc1-c1ccc2c(c1)C(C)(C)CCC2(C)C. The van der Waals surface area contributed by atoms with Crippen molar-refractivity contribution in [3.63, 3.8) is 0 Å². The van der Waals surface area contributed by atoms with Crippen LogP contribution in [0.5, 0.6) is 0 Å². The first-order valence-corrected chi connectivity index (χ1v) is 31.0. The third kappa shape index (κ3) is 9.65. The van der Waals surface area contributed by atoms with Gasteiger partial charge in [-0.2, -0.15) is 0 Å². The molecule has 7 aromatic carbocycles. The lowest BCUT2D eigenvalue weighted by molar-refractivity contribution is 0.332. The summed E-state index contributed by atoms with van der Waals surface area (Å²) in [6.45, 7) is 55.4. The number of rotatable bonds is 4. The molecule has 4 aliphatic rings. The van der Waals surface area contributed by atoms with Crippen LogP contribution in [-0.2, 0) is 48.7 Å². The van der Waals surface area contributed by atoms with E-state index in [2.05, 4.69) is 290 Å². The van der Waals surface area contributed by atoms with E-state index in [0.29, 0.717) is 0 Å². The highest BCUT2D eigenvalue weighted by Gasteiger charge is 2.47. The fourth-order valence-corrected chi connectivity index (χ4v) is 14.3. The van der Waals surface area contributed by atoms with E-state index >= 15 is 0 Å². The van der Waals surface area contributed by atoms with Gasteiger partial charge < -0.3 is 9.80 Å². The second-order valence-electron chi connectivity index (χ2n) is 33.3. The minimum atomic E-state index is -0.170. The van der Waals surface area contributed by atoms with Crippen LogP contribution in [0.3, 0.4) is 0 Å². The van der Waals surface area contributed by atoms with Gasteiger partial charge in [0.2, 0.25) is 0 Å². The summed E-state index contributed by atoms with van der Waals surface area (Å²) in [5.74, 6) is 0. The molecule has 0 N–H and O–H groups in total. The molecule has 2 heterocycles. The Balaban J connectivity index is 1.28. The Morgan fingerprint density at radius 2 is 0.593 bits per heavy atom. The van der Waals surface area contributed by atoms with Crippen molar-refractivity contribution in [2.75, 3.05) is 9.80 Å². The van der Waals surface area contributed by atoms with E-state index in [-0.39, 0.29) is 55.4 Å². The number of anilines is 6. The summed E-state index contributed by atoms with van der Waals surface area (Å²) in [7, 11) is 0. The van der Waals surface area contributed by atoms with E-state index in [0.717, 1.165) is 0 Å². The van der Waals surface area contributed by atoms with Crippen molar-refractivity contribution in [1.82, 2.24) is 0 Å². The number of fused-ring (bicyclic) bond motifs is 6. The highest BCUT2D eigenvalue weighted by molar-refractivity contribution is 7.00. The molecule has 0 atom stereocenters. The average Bonchev–Trinajstić information content (AvgIpc) is 1.19. The van der Waals surface area contributed by atoms with Gasteiger partial charge in [0.05, 0.1) is 11.4 Å². The van der Waals surface area contributed by atoms with Gasteiger partial charge in [-0.1, -0.05) is 232 Å². The van der Waals surface area contributed by atoms with E-state index in [1.807, 2.05) is 0 Å². The summed E-state index contributed by atoms with van der Waals surface area (Å²) in [4.78, 5) is 5.44. The highest BCUT2D eigenvalue weighted by Crippen LogP contribution is 2.54. The monoisotopic (exact) mass is 1070 g/mol. The van der Waals surface area contributed by atoms with Gasteiger partial charge in [0, 0.05) is 33.9 Å². The molecule has 0 radical (unpaired) electrons. The van der Waals surface area contributed by atoms with Crippen LogP contribution in [0.25, 0.3) is 22.3 Å². The highest BCUT2D eigenvalue weighted by atomic mass is 15.2. The molecule has 0 saturated heterocycles. The molecule has 7 aromatic rings. The molecule has 0 amide bonds. The molecule has 2 aliphatic heterocycles. The molecule has 3 heteroatoms. The van der Waals surface area contributed by atoms with Gasteiger partial charge in [-0.3, -0.25) is 0 Å². The average molecular weight is 1070 g/mol. The molecule has 2 nitrogen and oxygen atoms in total. The molecule has 422 valence electrons. The van der Waals surface area contributed by atoms with Gasteiger partial charge in [0.1, 0.15) is 0 Å². The normalized spacial score (nSPS) is 17.9. The zero-order valence-corrected chi connectivity index (χ0v) is 54.3. The van der Waals surface area contributed by atoms with Crippen molar-refractivity contribution in [1.29, 1.82) is 0 Å². The topological polar surface area (TPSA) is 6.48 Å². The molecule has 0 spiro atoms. The number of hydrogen-bond acceptors (Lipinski definition) is 2. The van der Waals surface area contributed by atoms with Gasteiger partial charge in [0.15, 0.2) is 0 Å². The second-order valence-corrected chi connectivity index (χ2v) is 33.3. The third-order valence-electron chi connectivity index (χ3n) is 20.2. The molecule has 0 bridgehead atoms. The first kappa shape index (κ1) is 57.0. The maximum atomic E-state index is 2.72. The summed E-state index contributed by atoms with van der Waals surface area (Å²) in [5.41, 5.74) is 29.4. The van der Waals surface area contributed by atoms with Crippen LogP contribution in [0, 0.1) is 0 Å². The van der Waals surface area contributed by atoms with Crippen LogP contribution >= 0.6 is 0 Å². The van der Waals surface area contributed by atoms with E-state index in [9.17, 15) is 0 Å².